The molecule has 0 aliphatic carbocycles. The van der Waals surface area contributed by atoms with E-state index in [9.17, 15) is 24.0 Å². The number of likely N-dealkylation sites (tertiary alicyclic amines) is 1. The van der Waals surface area contributed by atoms with E-state index in [-0.39, 0.29) is 12.5 Å². The highest BCUT2D eigenvalue weighted by Gasteiger charge is 2.42. The number of carbonyl (C=O) groups is 5. The summed E-state index contributed by atoms with van der Waals surface area (Å²) in [5.74, 6) is -2.22. The second kappa shape index (κ2) is 14.5. The molecule has 11 heteroatoms. The number of nitrogens with zero attached hydrogens (tertiary/aromatic N) is 1. The third kappa shape index (κ3) is 9.60. The Bertz CT molecular complexity index is 1240. The van der Waals surface area contributed by atoms with Crippen LogP contribution in [-0.4, -0.2) is 71.7 Å². The van der Waals surface area contributed by atoms with Crippen LogP contribution in [0.1, 0.15) is 57.0 Å². The molecule has 4 atom stereocenters. The molecule has 1 aliphatic heterocycles. The summed E-state index contributed by atoms with van der Waals surface area (Å²) in [5.41, 5.74) is 0.298. The van der Waals surface area contributed by atoms with Crippen LogP contribution < -0.4 is 5.32 Å². The summed E-state index contributed by atoms with van der Waals surface area (Å²) in [7, 11) is 0. The van der Waals surface area contributed by atoms with Crippen LogP contribution in [0.2, 0.25) is 0 Å². The Kier molecular flexibility index (Phi) is 11.1. The SMILES string of the molecule is C[C@H]1C[C@@H](C(=O)O[C@@H](C)[C@H](NC(=O)OCc2ccccc2)C(=O)OCC(=O)c2ccccc2)N(C(=O)OC(C)(C)C)C1. The Hall–Kier alpha value is -4.41. The standard InChI is InChI=1S/C31H38N2O9/c1-20-16-24(33(17-20)30(38)42-31(3,4)5)27(35)41-21(2)26(32-29(37)40-18-22-12-8-6-9-13-22)28(36)39-19-25(34)23-14-10-7-11-15-23/h6-15,20-21,24,26H,16-19H2,1-5H3,(H,32,37)/t20-,21-,24-,26-/m0/s1. The van der Waals surface area contributed by atoms with Gasteiger partial charge in [0, 0.05) is 12.1 Å². The van der Waals surface area contributed by atoms with Crippen LogP contribution in [0.15, 0.2) is 60.7 Å². The van der Waals surface area contributed by atoms with Crippen LogP contribution in [0.3, 0.4) is 0 Å². The molecule has 0 bridgehead atoms. The summed E-state index contributed by atoms with van der Waals surface area (Å²) < 4.78 is 21.5. The fourth-order valence-corrected chi connectivity index (χ4v) is 4.32. The van der Waals surface area contributed by atoms with Crippen LogP contribution >= 0.6 is 0 Å². The number of Topliss-reactive ketones (excluding diaryl/α,β-unsaturated/α-hetero) is 1. The number of carbonyl (C=O) groups excluding carboxylic acids is 5. The molecule has 1 saturated heterocycles. The van der Waals surface area contributed by atoms with Gasteiger partial charge in [-0.1, -0.05) is 67.6 Å². The van der Waals surface area contributed by atoms with Gasteiger partial charge in [0.05, 0.1) is 0 Å². The van der Waals surface area contributed by atoms with Gasteiger partial charge >= 0.3 is 24.1 Å². The van der Waals surface area contributed by atoms with Gasteiger partial charge in [0.1, 0.15) is 24.4 Å². The Balaban J connectivity index is 1.70. The maximum absolute atomic E-state index is 13.2. The number of esters is 2. The molecule has 1 aliphatic rings. The zero-order valence-electron chi connectivity index (χ0n) is 24.5. The lowest BCUT2D eigenvalue weighted by atomic mass is 10.1. The monoisotopic (exact) mass is 582 g/mol. The highest BCUT2D eigenvalue weighted by atomic mass is 16.6. The van der Waals surface area contributed by atoms with Crippen LogP contribution in [0.5, 0.6) is 0 Å². The second-order valence-corrected chi connectivity index (χ2v) is 11.2. The van der Waals surface area contributed by atoms with E-state index >= 15 is 0 Å². The number of ether oxygens (including phenoxy) is 4. The lowest BCUT2D eigenvalue weighted by Crippen LogP contribution is -2.52. The fraction of sp³-hybridized carbons (Fsp3) is 0.452. The minimum absolute atomic E-state index is 0.00113. The average Bonchev–Trinajstić information content (AvgIpc) is 3.35. The molecule has 3 rings (SSSR count). The molecule has 1 N–H and O–H groups in total. The molecular formula is C31H38N2O9. The molecule has 0 spiro atoms. The normalized spacial score (nSPS) is 17.9. The van der Waals surface area contributed by atoms with Crippen LogP contribution in [-0.2, 0) is 35.1 Å². The zero-order chi connectivity index (χ0) is 30.9. The van der Waals surface area contributed by atoms with Crippen LogP contribution in [0.25, 0.3) is 0 Å². The van der Waals surface area contributed by atoms with Crippen molar-refractivity contribution in [2.75, 3.05) is 13.2 Å². The number of alkyl carbamates (subject to hydrolysis) is 1. The van der Waals surface area contributed by atoms with Gasteiger partial charge in [0.25, 0.3) is 0 Å². The summed E-state index contributed by atoms with van der Waals surface area (Å²) in [5, 5.41) is 2.39. The smallest absolute Gasteiger partial charge is 0.411 e. The van der Waals surface area contributed by atoms with E-state index in [1.54, 1.807) is 75.4 Å². The molecule has 2 aromatic rings. The summed E-state index contributed by atoms with van der Waals surface area (Å²) in [6.45, 7) is 8.09. The van der Waals surface area contributed by atoms with E-state index in [4.69, 9.17) is 18.9 Å². The molecule has 2 amide bonds. The molecule has 0 saturated carbocycles. The zero-order valence-corrected chi connectivity index (χ0v) is 24.5. The third-order valence-electron chi connectivity index (χ3n) is 6.36. The van der Waals surface area contributed by atoms with Gasteiger partial charge in [-0.25, -0.2) is 19.2 Å². The first-order chi connectivity index (χ1) is 19.8. The van der Waals surface area contributed by atoms with Gasteiger partial charge in [-0.2, -0.15) is 0 Å². The van der Waals surface area contributed by atoms with E-state index in [2.05, 4.69) is 5.32 Å². The maximum Gasteiger partial charge on any atom is 0.411 e. The van der Waals surface area contributed by atoms with E-state index in [1.165, 1.54) is 11.8 Å². The number of hydrogen-bond acceptors (Lipinski definition) is 9. The Morgan fingerprint density at radius 2 is 1.57 bits per heavy atom. The lowest BCUT2D eigenvalue weighted by molar-refractivity contribution is -0.160. The molecular weight excluding hydrogens is 544 g/mol. The predicted octanol–water partition coefficient (Wildman–Crippen LogP) is 4.28. The average molecular weight is 583 g/mol. The molecule has 226 valence electrons. The van der Waals surface area contributed by atoms with Gasteiger partial charge in [0.15, 0.2) is 18.4 Å². The van der Waals surface area contributed by atoms with Gasteiger partial charge in [0.2, 0.25) is 0 Å². The summed E-state index contributed by atoms with van der Waals surface area (Å²) >= 11 is 0. The molecule has 2 aromatic carbocycles. The predicted molar refractivity (Wildman–Crippen MR) is 151 cm³/mol. The van der Waals surface area contributed by atoms with E-state index in [0.717, 1.165) is 5.56 Å². The van der Waals surface area contributed by atoms with Crippen LogP contribution in [0, 0.1) is 5.92 Å². The number of benzene rings is 2. The first-order valence-electron chi connectivity index (χ1n) is 13.8. The van der Waals surface area contributed by atoms with Crippen molar-refractivity contribution >= 4 is 29.9 Å². The minimum Gasteiger partial charge on any atom is -0.458 e. The first kappa shape index (κ1) is 32.1. The van der Waals surface area contributed by atoms with Crippen molar-refractivity contribution < 1.29 is 42.9 Å². The number of amides is 2. The number of rotatable bonds is 10. The minimum atomic E-state index is -1.51. The summed E-state index contributed by atoms with van der Waals surface area (Å²) in [6.07, 6.45) is -2.52. The number of ketones is 1. The molecule has 11 nitrogen and oxygen atoms in total. The molecule has 0 unspecified atom stereocenters. The van der Waals surface area contributed by atoms with Crippen molar-refractivity contribution in [2.24, 2.45) is 5.92 Å². The molecule has 1 heterocycles. The summed E-state index contributed by atoms with van der Waals surface area (Å²) in [4.78, 5) is 65.5. The van der Waals surface area contributed by atoms with Gasteiger partial charge < -0.3 is 24.3 Å². The number of nitrogens with one attached hydrogen (secondary N) is 1. The largest absolute Gasteiger partial charge is 0.458 e. The Morgan fingerprint density at radius 1 is 0.952 bits per heavy atom. The first-order valence-corrected chi connectivity index (χ1v) is 13.8. The lowest BCUT2D eigenvalue weighted by Gasteiger charge is -2.29. The molecule has 0 radical (unpaired) electrons. The van der Waals surface area contributed by atoms with Crippen molar-refractivity contribution in [3.63, 3.8) is 0 Å². The fourth-order valence-electron chi connectivity index (χ4n) is 4.32. The van der Waals surface area contributed by atoms with E-state index < -0.39 is 60.3 Å². The Morgan fingerprint density at radius 3 is 2.19 bits per heavy atom. The van der Waals surface area contributed by atoms with Crippen molar-refractivity contribution in [2.45, 2.75) is 71.4 Å². The number of hydrogen-bond donors (Lipinski definition) is 1. The Labute approximate surface area is 245 Å². The maximum atomic E-state index is 13.2. The van der Waals surface area contributed by atoms with Gasteiger partial charge in [-0.15, -0.1) is 0 Å². The molecule has 42 heavy (non-hydrogen) atoms. The van der Waals surface area contributed by atoms with Crippen LogP contribution in [0.4, 0.5) is 9.59 Å². The van der Waals surface area contributed by atoms with Gasteiger partial charge in [-0.05, 0) is 45.6 Å². The molecule has 1 fully saturated rings. The van der Waals surface area contributed by atoms with Crippen molar-refractivity contribution in [1.29, 1.82) is 0 Å². The molecule has 0 aromatic heterocycles. The quantitative estimate of drug-likeness (QED) is 0.247. The van der Waals surface area contributed by atoms with Crippen molar-refractivity contribution in [1.82, 2.24) is 10.2 Å². The van der Waals surface area contributed by atoms with Crippen molar-refractivity contribution in [3.05, 3.63) is 71.8 Å². The van der Waals surface area contributed by atoms with Crippen molar-refractivity contribution in [3.8, 4) is 0 Å². The topological polar surface area (TPSA) is 138 Å². The highest BCUT2D eigenvalue weighted by molar-refractivity contribution is 5.98. The van der Waals surface area contributed by atoms with E-state index in [1.807, 2.05) is 13.0 Å². The van der Waals surface area contributed by atoms with Gasteiger partial charge in [-0.3, -0.25) is 9.69 Å². The van der Waals surface area contributed by atoms with E-state index in [0.29, 0.717) is 18.5 Å². The summed E-state index contributed by atoms with van der Waals surface area (Å²) in [6, 6.07) is 14.7. The third-order valence-corrected chi connectivity index (χ3v) is 6.36. The second-order valence-electron chi connectivity index (χ2n) is 11.2. The highest BCUT2D eigenvalue weighted by Crippen LogP contribution is 2.26.